The molecule has 0 aliphatic heterocycles. The summed E-state index contributed by atoms with van der Waals surface area (Å²) >= 11 is 0. The zero-order valence-corrected chi connectivity index (χ0v) is 37.3. The smallest absolute Gasteiger partial charge is 0.0547 e. The summed E-state index contributed by atoms with van der Waals surface area (Å²) in [5.74, 6) is 0. The van der Waals surface area contributed by atoms with Crippen LogP contribution >= 0.6 is 0 Å². The van der Waals surface area contributed by atoms with Gasteiger partial charge in [0.05, 0.1) is 11.0 Å². The highest BCUT2D eigenvalue weighted by Gasteiger charge is 2.17. The van der Waals surface area contributed by atoms with Gasteiger partial charge in [-0.2, -0.15) is 0 Å². The van der Waals surface area contributed by atoms with Crippen molar-refractivity contribution in [3.8, 4) is 50.2 Å². The summed E-state index contributed by atoms with van der Waals surface area (Å²) in [5.41, 5.74) is 16.4. The molecular weight excluding hydrogens is 821 g/mol. The molecule has 0 aliphatic carbocycles. The minimum absolute atomic E-state index is 1.09. The number of hydrogen-bond acceptors (Lipinski definition) is 1. The van der Waals surface area contributed by atoms with E-state index < -0.39 is 0 Å². The van der Waals surface area contributed by atoms with E-state index in [2.05, 4.69) is 276 Å². The van der Waals surface area contributed by atoms with Gasteiger partial charge in [0.2, 0.25) is 0 Å². The lowest BCUT2D eigenvalue weighted by molar-refractivity contribution is 1.18. The third kappa shape index (κ3) is 6.90. The molecule has 0 saturated heterocycles. The Kier molecular flexibility index (Phi) is 9.54. The van der Waals surface area contributed by atoms with Gasteiger partial charge in [0.25, 0.3) is 0 Å². The minimum atomic E-state index is 1.09. The van der Waals surface area contributed by atoms with E-state index in [1.807, 2.05) is 0 Å². The zero-order chi connectivity index (χ0) is 45.0. The van der Waals surface area contributed by atoms with Gasteiger partial charge in [0, 0.05) is 33.5 Å². The summed E-state index contributed by atoms with van der Waals surface area (Å²) in [6.07, 6.45) is 0. The number of para-hydroxylation sites is 2. The summed E-state index contributed by atoms with van der Waals surface area (Å²) in [7, 11) is 0. The van der Waals surface area contributed by atoms with Crippen LogP contribution in [0.4, 0.5) is 17.1 Å². The van der Waals surface area contributed by atoms with Gasteiger partial charge in [-0.25, -0.2) is 0 Å². The number of nitrogens with zero attached hydrogens (tertiary/aromatic N) is 2. The molecule has 0 N–H and O–H groups in total. The van der Waals surface area contributed by atoms with Crippen LogP contribution in [0.1, 0.15) is 0 Å². The molecule has 68 heavy (non-hydrogen) atoms. The van der Waals surface area contributed by atoms with Crippen LogP contribution in [0.3, 0.4) is 0 Å². The SMILES string of the molecule is c1ccc(-n2c3ccccc3c3ccc(-c4ccc(N(c5ccc(-c6ccc(-c7ccc8ccccc8c7)cc6)cc5)c5ccc(-c6cccc7c6ccc6ccccc67)cc5)cc4)cc32)cc1. The first-order chi connectivity index (χ1) is 33.7. The summed E-state index contributed by atoms with van der Waals surface area (Å²) in [6.45, 7) is 0. The Hall–Kier alpha value is -8.98. The van der Waals surface area contributed by atoms with Crippen LogP contribution in [0.5, 0.6) is 0 Å². The van der Waals surface area contributed by atoms with Crippen LogP contribution in [-0.2, 0) is 0 Å². The van der Waals surface area contributed by atoms with Crippen molar-refractivity contribution in [2.75, 3.05) is 4.90 Å². The highest BCUT2D eigenvalue weighted by Crippen LogP contribution is 2.41. The third-order valence-corrected chi connectivity index (χ3v) is 13.8. The highest BCUT2D eigenvalue weighted by molar-refractivity contribution is 6.12. The number of anilines is 3. The van der Waals surface area contributed by atoms with E-state index >= 15 is 0 Å². The Bertz CT molecular complexity index is 3980. The Balaban J connectivity index is 0.866. The van der Waals surface area contributed by atoms with Gasteiger partial charge in [0.15, 0.2) is 0 Å². The molecule has 0 amide bonds. The quantitative estimate of drug-likeness (QED) is 0.138. The largest absolute Gasteiger partial charge is 0.311 e. The third-order valence-electron chi connectivity index (χ3n) is 13.8. The number of benzene rings is 12. The molecular formula is C66H44N2. The van der Waals surface area contributed by atoms with Crippen LogP contribution in [0, 0.1) is 0 Å². The Morgan fingerprint density at radius 1 is 0.235 bits per heavy atom. The van der Waals surface area contributed by atoms with E-state index in [0.717, 1.165) is 22.7 Å². The molecule has 2 nitrogen and oxygen atoms in total. The number of aromatic nitrogens is 1. The molecule has 0 spiro atoms. The summed E-state index contributed by atoms with van der Waals surface area (Å²) in [4.78, 5) is 2.37. The van der Waals surface area contributed by atoms with Crippen molar-refractivity contribution in [2.24, 2.45) is 0 Å². The van der Waals surface area contributed by atoms with E-state index in [0.29, 0.717) is 0 Å². The van der Waals surface area contributed by atoms with E-state index in [9.17, 15) is 0 Å². The van der Waals surface area contributed by atoms with Gasteiger partial charge in [-0.15, -0.1) is 0 Å². The van der Waals surface area contributed by atoms with Crippen LogP contribution in [0.2, 0.25) is 0 Å². The van der Waals surface area contributed by atoms with Crippen molar-refractivity contribution in [3.63, 3.8) is 0 Å². The predicted octanol–water partition coefficient (Wildman–Crippen LogP) is 18.4. The lowest BCUT2D eigenvalue weighted by atomic mass is 9.94. The Morgan fingerprint density at radius 2 is 0.691 bits per heavy atom. The molecule has 13 rings (SSSR count). The van der Waals surface area contributed by atoms with Gasteiger partial charge < -0.3 is 9.47 Å². The molecule has 0 aliphatic rings. The molecule has 1 aromatic heterocycles. The van der Waals surface area contributed by atoms with Crippen LogP contribution in [0.25, 0.3) is 104 Å². The fourth-order valence-corrected chi connectivity index (χ4v) is 10.4. The molecule has 0 bridgehead atoms. The molecule has 2 heteroatoms. The average Bonchev–Trinajstić information content (AvgIpc) is 3.75. The van der Waals surface area contributed by atoms with E-state index in [1.165, 1.54) is 98.6 Å². The molecule has 1 heterocycles. The van der Waals surface area contributed by atoms with Crippen molar-refractivity contribution in [2.45, 2.75) is 0 Å². The Labute approximate surface area is 395 Å². The van der Waals surface area contributed by atoms with Gasteiger partial charge in [-0.1, -0.05) is 200 Å². The predicted molar refractivity (Wildman–Crippen MR) is 290 cm³/mol. The number of fused-ring (bicyclic) bond motifs is 7. The first-order valence-electron chi connectivity index (χ1n) is 23.4. The van der Waals surface area contributed by atoms with E-state index in [1.54, 1.807) is 0 Å². The standard InChI is InChI=1S/C66H44N2/c1-2-14-55(15-3-1)68-65-20-9-8-17-63(65)64-42-34-54(44-66(64)68)49-29-37-57(38-30-49)67(58-39-31-51(32-40-58)60-18-10-19-61-59-16-7-6-12-50(59)33-41-62(60)61)56-35-27-47(28-36-56)46-21-23-48(24-22-46)53-26-25-45-11-4-5-13-52(45)43-53/h1-44H. The molecule has 318 valence electrons. The molecule has 13 aromatic rings. The van der Waals surface area contributed by atoms with Crippen molar-refractivity contribution in [1.82, 2.24) is 4.57 Å². The minimum Gasteiger partial charge on any atom is -0.311 e. The van der Waals surface area contributed by atoms with E-state index in [4.69, 9.17) is 0 Å². The second kappa shape index (κ2) is 16.5. The molecule has 0 radical (unpaired) electrons. The maximum atomic E-state index is 2.39. The fourth-order valence-electron chi connectivity index (χ4n) is 10.4. The topological polar surface area (TPSA) is 8.17 Å². The lowest BCUT2D eigenvalue weighted by Gasteiger charge is -2.26. The maximum Gasteiger partial charge on any atom is 0.0547 e. The van der Waals surface area contributed by atoms with Gasteiger partial charge in [-0.3, -0.25) is 0 Å². The zero-order valence-electron chi connectivity index (χ0n) is 37.3. The number of rotatable bonds is 8. The van der Waals surface area contributed by atoms with Crippen molar-refractivity contribution in [1.29, 1.82) is 0 Å². The molecule has 12 aromatic carbocycles. The molecule has 0 fully saturated rings. The normalized spacial score (nSPS) is 11.5. The average molecular weight is 865 g/mol. The first kappa shape index (κ1) is 39.4. The fraction of sp³-hybridized carbons (Fsp3) is 0. The van der Waals surface area contributed by atoms with Gasteiger partial charge in [0.1, 0.15) is 0 Å². The van der Waals surface area contributed by atoms with Crippen LogP contribution in [-0.4, -0.2) is 4.57 Å². The Morgan fingerprint density at radius 3 is 1.38 bits per heavy atom. The second-order valence-corrected chi connectivity index (χ2v) is 17.7. The van der Waals surface area contributed by atoms with E-state index in [-0.39, 0.29) is 0 Å². The monoisotopic (exact) mass is 864 g/mol. The van der Waals surface area contributed by atoms with Crippen LogP contribution < -0.4 is 4.90 Å². The van der Waals surface area contributed by atoms with Crippen molar-refractivity contribution < 1.29 is 0 Å². The van der Waals surface area contributed by atoms with Gasteiger partial charge >= 0.3 is 0 Å². The molecule has 0 saturated carbocycles. The second-order valence-electron chi connectivity index (χ2n) is 17.7. The highest BCUT2D eigenvalue weighted by atomic mass is 15.1. The van der Waals surface area contributed by atoms with Crippen molar-refractivity contribution in [3.05, 3.63) is 267 Å². The maximum absolute atomic E-state index is 2.39. The lowest BCUT2D eigenvalue weighted by Crippen LogP contribution is -2.09. The first-order valence-corrected chi connectivity index (χ1v) is 23.4. The molecule has 0 atom stereocenters. The van der Waals surface area contributed by atoms with Crippen LogP contribution in [0.15, 0.2) is 267 Å². The summed E-state index contributed by atoms with van der Waals surface area (Å²) < 4.78 is 2.39. The summed E-state index contributed by atoms with van der Waals surface area (Å²) in [6, 6.07) is 97.4. The van der Waals surface area contributed by atoms with Gasteiger partial charge in [-0.05, 0) is 144 Å². The number of hydrogen-bond donors (Lipinski definition) is 0. The molecule has 0 unspecified atom stereocenters. The van der Waals surface area contributed by atoms with Crippen molar-refractivity contribution >= 4 is 71.2 Å². The summed E-state index contributed by atoms with van der Waals surface area (Å²) in [5, 5.41) is 10.1.